The van der Waals surface area contributed by atoms with E-state index < -0.39 is 28.9 Å². The van der Waals surface area contributed by atoms with E-state index in [4.69, 9.17) is 4.84 Å². The van der Waals surface area contributed by atoms with E-state index in [1.54, 1.807) is 0 Å². The first kappa shape index (κ1) is 15.4. The molecule has 0 bridgehead atoms. The number of oxime groups is 1. The van der Waals surface area contributed by atoms with Crippen molar-refractivity contribution in [3.8, 4) is 0 Å². The first-order valence-electron chi connectivity index (χ1n) is 7.61. The topological polar surface area (TPSA) is 59.0 Å². The SMILES string of the molecule is O=C1C[C@]2(CON=C2c2ccc(F)cc2)C(=O)N1c1ccc(F)cc1. The summed E-state index contributed by atoms with van der Waals surface area (Å²) in [7, 11) is 0. The highest BCUT2D eigenvalue weighted by molar-refractivity contribution is 6.33. The summed E-state index contributed by atoms with van der Waals surface area (Å²) in [5.41, 5.74) is -0.140. The maximum atomic E-state index is 13.2. The molecule has 2 aromatic carbocycles. The molecule has 0 radical (unpaired) electrons. The Labute approximate surface area is 141 Å². The average Bonchev–Trinajstić information content (AvgIpc) is 3.12. The van der Waals surface area contributed by atoms with Crippen LogP contribution in [0, 0.1) is 17.0 Å². The van der Waals surface area contributed by atoms with Gasteiger partial charge in [-0.1, -0.05) is 17.3 Å². The molecular formula is C18H12F2N2O3. The summed E-state index contributed by atoms with van der Waals surface area (Å²) >= 11 is 0. The first-order valence-corrected chi connectivity index (χ1v) is 7.61. The quantitative estimate of drug-likeness (QED) is 0.789. The monoisotopic (exact) mass is 342 g/mol. The molecule has 2 aliphatic rings. The molecule has 0 N–H and O–H groups in total. The molecule has 2 aliphatic heterocycles. The van der Waals surface area contributed by atoms with E-state index in [2.05, 4.69) is 5.16 Å². The predicted octanol–water partition coefficient (Wildman–Crippen LogP) is 2.65. The van der Waals surface area contributed by atoms with Crippen molar-refractivity contribution in [1.82, 2.24) is 0 Å². The summed E-state index contributed by atoms with van der Waals surface area (Å²) in [5.74, 6) is -1.78. The van der Waals surface area contributed by atoms with Gasteiger partial charge in [0.25, 0.3) is 0 Å². The lowest BCUT2D eigenvalue weighted by molar-refractivity contribution is -0.124. The van der Waals surface area contributed by atoms with Gasteiger partial charge in [0, 0.05) is 5.56 Å². The molecular weight excluding hydrogens is 330 g/mol. The fourth-order valence-electron chi connectivity index (χ4n) is 3.19. The van der Waals surface area contributed by atoms with Crippen molar-refractivity contribution in [3.05, 3.63) is 65.7 Å². The highest BCUT2D eigenvalue weighted by Crippen LogP contribution is 2.42. The van der Waals surface area contributed by atoms with Gasteiger partial charge in [-0.05, 0) is 36.4 Å². The lowest BCUT2D eigenvalue weighted by Gasteiger charge is -2.21. The second kappa shape index (κ2) is 5.47. The van der Waals surface area contributed by atoms with Crippen LogP contribution in [0.15, 0.2) is 53.7 Å². The van der Waals surface area contributed by atoms with Gasteiger partial charge in [0.2, 0.25) is 11.8 Å². The number of hydrogen-bond acceptors (Lipinski definition) is 4. The Morgan fingerprint density at radius 2 is 1.56 bits per heavy atom. The van der Waals surface area contributed by atoms with E-state index in [1.165, 1.54) is 48.5 Å². The van der Waals surface area contributed by atoms with E-state index >= 15 is 0 Å². The van der Waals surface area contributed by atoms with Gasteiger partial charge in [-0.15, -0.1) is 0 Å². The smallest absolute Gasteiger partial charge is 0.250 e. The molecule has 1 spiro atoms. The van der Waals surface area contributed by atoms with E-state index in [0.717, 1.165) is 4.90 Å². The van der Waals surface area contributed by atoms with E-state index in [1.807, 2.05) is 0 Å². The van der Waals surface area contributed by atoms with Crippen LogP contribution in [-0.2, 0) is 14.4 Å². The van der Waals surface area contributed by atoms with Crippen LogP contribution in [0.25, 0.3) is 0 Å². The summed E-state index contributed by atoms with van der Waals surface area (Å²) in [5, 5.41) is 3.93. The largest absolute Gasteiger partial charge is 0.394 e. The van der Waals surface area contributed by atoms with Crippen molar-refractivity contribution in [2.45, 2.75) is 6.42 Å². The molecule has 1 saturated heterocycles. The van der Waals surface area contributed by atoms with Gasteiger partial charge in [0.1, 0.15) is 29.4 Å². The second-order valence-corrected chi connectivity index (χ2v) is 5.99. The van der Waals surface area contributed by atoms with Crippen LogP contribution in [0.5, 0.6) is 0 Å². The Hall–Kier alpha value is -3.09. The van der Waals surface area contributed by atoms with Crippen LogP contribution in [0.4, 0.5) is 14.5 Å². The van der Waals surface area contributed by atoms with Gasteiger partial charge >= 0.3 is 0 Å². The molecule has 7 heteroatoms. The van der Waals surface area contributed by atoms with Crippen LogP contribution < -0.4 is 4.90 Å². The number of hydrogen-bond donors (Lipinski definition) is 0. The van der Waals surface area contributed by atoms with Crippen LogP contribution in [0.1, 0.15) is 12.0 Å². The van der Waals surface area contributed by atoms with Gasteiger partial charge in [-0.25, -0.2) is 13.7 Å². The highest BCUT2D eigenvalue weighted by atomic mass is 19.1. The maximum absolute atomic E-state index is 13.2. The molecule has 2 amide bonds. The molecule has 25 heavy (non-hydrogen) atoms. The molecule has 4 rings (SSSR count). The Morgan fingerprint density at radius 1 is 0.960 bits per heavy atom. The van der Waals surface area contributed by atoms with E-state index in [-0.39, 0.29) is 13.0 Å². The number of rotatable bonds is 2. The first-order chi connectivity index (χ1) is 12.0. The predicted molar refractivity (Wildman–Crippen MR) is 84.8 cm³/mol. The van der Waals surface area contributed by atoms with Crippen LogP contribution in [0.3, 0.4) is 0 Å². The summed E-state index contributed by atoms with van der Waals surface area (Å²) < 4.78 is 26.3. The van der Waals surface area contributed by atoms with E-state index in [9.17, 15) is 18.4 Å². The summed E-state index contributed by atoms with van der Waals surface area (Å²) in [6, 6.07) is 10.6. The number of nitrogens with zero attached hydrogens (tertiary/aromatic N) is 2. The zero-order valence-electron chi connectivity index (χ0n) is 12.9. The van der Waals surface area contributed by atoms with Gasteiger partial charge < -0.3 is 4.84 Å². The summed E-state index contributed by atoms with van der Waals surface area (Å²) in [4.78, 5) is 31.7. The number of benzene rings is 2. The minimum absolute atomic E-state index is 0.0675. The Bertz CT molecular complexity index is 894. The number of halogens is 2. The van der Waals surface area contributed by atoms with Crippen LogP contribution in [-0.4, -0.2) is 24.1 Å². The molecule has 2 aromatic rings. The number of amides is 2. The van der Waals surface area contributed by atoms with Crippen molar-refractivity contribution in [3.63, 3.8) is 0 Å². The van der Waals surface area contributed by atoms with Gasteiger partial charge in [-0.3, -0.25) is 9.59 Å². The van der Waals surface area contributed by atoms with Crippen molar-refractivity contribution in [2.24, 2.45) is 10.6 Å². The van der Waals surface area contributed by atoms with Crippen LogP contribution in [0.2, 0.25) is 0 Å². The number of carbonyl (C=O) groups is 2. The van der Waals surface area contributed by atoms with Crippen molar-refractivity contribution in [2.75, 3.05) is 11.5 Å². The summed E-state index contributed by atoms with van der Waals surface area (Å²) in [6.07, 6.45) is -0.112. The number of imide groups is 1. The molecule has 0 aromatic heterocycles. The minimum Gasteiger partial charge on any atom is -0.394 e. The fraction of sp³-hybridized carbons (Fsp3) is 0.167. The van der Waals surface area contributed by atoms with Gasteiger partial charge in [-0.2, -0.15) is 0 Å². The molecule has 0 saturated carbocycles. The molecule has 0 unspecified atom stereocenters. The second-order valence-electron chi connectivity index (χ2n) is 5.99. The highest BCUT2D eigenvalue weighted by Gasteiger charge is 2.59. The maximum Gasteiger partial charge on any atom is 0.250 e. The third-order valence-corrected chi connectivity index (χ3v) is 4.44. The lowest BCUT2D eigenvalue weighted by atomic mass is 9.79. The standard InChI is InChI=1S/C18H12F2N2O3/c19-12-3-1-11(2-4-12)16-18(10-25-21-16)9-15(23)22(17(18)24)14-7-5-13(20)6-8-14/h1-8H,9-10H2/t18-/m1/s1. The van der Waals surface area contributed by atoms with Crippen LogP contribution >= 0.6 is 0 Å². The fourth-order valence-corrected chi connectivity index (χ4v) is 3.19. The van der Waals surface area contributed by atoms with Crippen molar-refractivity contribution in [1.29, 1.82) is 0 Å². The van der Waals surface area contributed by atoms with Gasteiger partial charge in [0.05, 0.1) is 12.1 Å². The van der Waals surface area contributed by atoms with E-state index in [0.29, 0.717) is 17.0 Å². The van der Waals surface area contributed by atoms with Gasteiger partial charge in [0.15, 0.2) is 0 Å². The third-order valence-electron chi connectivity index (χ3n) is 4.44. The van der Waals surface area contributed by atoms with Crippen molar-refractivity contribution >= 4 is 23.2 Å². The normalized spacial score (nSPS) is 22.5. The minimum atomic E-state index is -1.25. The molecule has 126 valence electrons. The number of carbonyl (C=O) groups excluding carboxylic acids is 2. The average molecular weight is 342 g/mol. The Balaban J connectivity index is 1.74. The number of anilines is 1. The Morgan fingerprint density at radius 3 is 2.20 bits per heavy atom. The molecule has 5 nitrogen and oxygen atoms in total. The summed E-state index contributed by atoms with van der Waals surface area (Å²) in [6.45, 7) is -0.0675. The molecule has 0 aliphatic carbocycles. The van der Waals surface area contributed by atoms with Crippen molar-refractivity contribution < 1.29 is 23.2 Å². The molecule has 1 fully saturated rings. The zero-order valence-corrected chi connectivity index (χ0v) is 12.9. The molecule has 1 atom stereocenters. The zero-order chi connectivity index (χ0) is 17.6. The third kappa shape index (κ3) is 2.31. The Kier molecular flexibility index (Phi) is 3.38. The molecule has 2 heterocycles. The lowest BCUT2D eigenvalue weighted by Crippen LogP contribution is -2.41.